The van der Waals surface area contributed by atoms with Crippen molar-refractivity contribution in [1.82, 2.24) is 9.90 Å². The van der Waals surface area contributed by atoms with Gasteiger partial charge in [-0.15, -0.1) is 4.85 Å². The maximum atomic E-state index is 12.3. The summed E-state index contributed by atoms with van der Waals surface area (Å²) in [5.41, 5.74) is -1.40. The van der Waals surface area contributed by atoms with Gasteiger partial charge in [-0.25, -0.2) is 0 Å². The van der Waals surface area contributed by atoms with Crippen LogP contribution >= 0.6 is 11.6 Å². The van der Waals surface area contributed by atoms with Gasteiger partial charge in [-0.3, -0.25) is 20.2 Å². The van der Waals surface area contributed by atoms with E-state index >= 15 is 0 Å². The first-order chi connectivity index (χ1) is 10.9. The van der Waals surface area contributed by atoms with Crippen molar-refractivity contribution in [3.05, 3.63) is 66.9 Å². The van der Waals surface area contributed by atoms with Crippen LogP contribution in [0.2, 0.25) is 5.02 Å². The third-order valence-corrected chi connectivity index (χ3v) is 3.34. The van der Waals surface area contributed by atoms with E-state index in [1.807, 2.05) is 0 Å². The molecule has 3 rings (SSSR count). The van der Waals surface area contributed by atoms with Crippen molar-refractivity contribution in [1.29, 1.82) is 0 Å². The van der Waals surface area contributed by atoms with Gasteiger partial charge in [0.2, 0.25) is 5.52 Å². The first-order valence-corrected chi connectivity index (χ1v) is 6.47. The Morgan fingerprint density at radius 3 is 2.30 bits per heavy atom. The van der Waals surface area contributed by atoms with Crippen LogP contribution in [0.15, 0.2) is 36.4 Å². The molecule has 10 nitrogen and oxygen atoms in total. The van der Waals surface area contributed by atoms with E-state index in [1.54, 1.807) is 0 Å². The summed E-state index contributed by atoms with van der Waals surface area (Å²) in [6.07, 6.45) is 0. The molecule has 116 valence electrons. The molecule has 0 amide bonds. The number of benzene rings is 2. The molecule has 0 aliphatic rings. The molecule has 1 heterocycles. The summed E-state index contributed by atoms with van der Waals surface area (Å²) in [6, 6.07) is 7.71. The van der Waals surface area contributed by atoms with Gasteiger partial charge in [-0.1, -0.05) is 11.6 Å². The number of aromatic nitrogens is 3. The molecule has 0 saturated carbocycles. The second-order valence-electron chi connectivity index (χ2n) is 4.49. The monoisotopic (exact) mass is 335 g/mol. The average molecular weight is 336 g/mol. The summed E-state index contributed by atoms with van der Waals surface area (Å²) in [5.74, 6) is 0. The molecule has 0 atom stereocenters. The summed E-state index contributed by atoms with van der Waals surface area (Å²) in [4.78, 5) is 21.4. The molecular formula is C12H6ClN5O5. The number of fused-ring (bicyclic) bond motifs is 1. The Balaban J connectivity index is 2.33. The molecule has 3 aromatic rings. The molecule has 23 heavy (non-hydrogen) atoms. The van der Waals surface area contributed by atoms with Crippen LogP contribution in [-0.4, -0.2) is 19.7 Å². The Morgan fingerprint density at radius 1 is 1.09 bits per heavy atom. The molecule has 0 aliphatic carbocycles. The predicted octanol–water partition coefficient (Wildman–Crippen LogP) is 2.13. The topological polar surface area (TPSA) is 131 Å². The van der Waals surface area contributed by atoms with Crippen LogP contribution in [0.5, 0.6) is 0 Å². The summed E-state index contributed by atoms with van der Waals surface area (Å²) in [7, 11) is 0. The third-order valence-electron chi connectivity index (χ3n) is 3.09. The number of nitro groups is 2. The quantitative estimate of drug-likeness (QED) is 0.312. The zero-order valence-corrected chi connectivity index (χ0v) is 11.9. The molecule has 0 bridgehead atoms. The van der Waals surface area contributed by atoms with E-state index in [0.717, 1.165) is 16.9 Å². The van der Waals surface area contributed by atoms with Gasteiger partial charge in [-0.2, -0.15) is 0 Å². The van der Waals surface area contributed by atoms with Crippen molar-refractivity contribution in [3.63, 3.8) is 0 Å². The minimum absolute atomic E-state index is 0.245. The fourth-order valence-corrected chi connectivity index (χ4v) is 2.18. The molecule has 11 heteroatoms. The predicted molar refractivity (Wildman–Crippen MR) is 78.3 cm³/mol. The number of non-ortho nitro benzene ring substituents is 2. The van der Waals surface area contributed by atoms with E-state index in [2.05, 4.69) is 5.10 Å². The van der Waals surface area contributed by atoms with E-state index < -0.39 is 21.2 Å². The van der Waals surface area contributed by atoms with Crippen LogP contribution in [0.1, 0.15) is 0 Å². The molecule has 0 radical (unpaired) electrons. The van der Waals surface area contributed by atoms with Crippen molar-refractivity contribution in [2.24, 2.45) is 0 Å². The lowest BCUT2D eigenvalue weighted by atomic mass is 10.2. The second kappa shape index (κ2) is 5.18. The van der Waals surface area contributed by atoms with Crippen LogP contribution in [0.3, 0.4) is 0 Å². The van der Waals surface area contributed by atoms with Crippen molar-refractivity contribution < 1.29 is 14.7 Å². The van der Waals surface area contributed by atoms with Crippen molar-refractivity contribution in [3.8, 4) is 5.69 Å². The smallest absolute Gasteiger partial charge is 0.334 e. The minimum atomic E-state index is -0.825. The van der Waals surface area contributed by atoms with Crippen LogP contribution in [0, 0.1) is 25.4 Å². The Kier molecular flexibility index (Phi) is 3.30. The van der Waals surface area contributed by atoms with Crippen molar-refractivity contribution >= 4 is 34.0 Å². The van der Waals surface area contributed by atoms with Gasteiger partial charge in [0.05, 0.1) is 27.1 Å². The molecule has 2 aromatic carbocycles. The van der Waals surface area contributed by atoms with Gasteiger partial charge in [-0.05, 0) is 29.1 Å². The number of nitrogens with zero attached hydrogens (tertiary/aromatic N) is 5. The van der Waals surface area contributed by atoms with Crippen LogP contribution in [-0.2, 0) is 0 Å². The molecule has 0 unspecified atom stereocenters. The summed E-state index contributed by atoms with van der Waals surface area (Å²) in [6.45, 7) is 0. The normalized spacial score (nSPS) is 10.8. The zero-order chi connectivity index (χ0) is 16.7. The molecule has 0 spiro atoms. The molecule has 0 saturated heterocycles. The van der Waals surface area contributed by atoms with Crippen molar-refractivity contribution in [2.45, 2.75) is 0 Å². The Labute approximate surface area is 132 Å². The fraction of sp³-hybridized carbons (Fsp3) is 0. The molecular weight excluding hydrogens is 330 g/mol. The van der Waals surface area contributed by atoms with E-state index in [9.17, 15) is 25.4 Å². The SMILES string of the molecule is O=[N+]([O-])c1cc([N+](=O)[O-])c2nn(-c3ccc(Cl)cc3)[n+]([O-])c2c1. The molecule has 0 aliphatic heterocycles. The van der Waals surface area contributed by atoms with Crippen LogP contribution in [0.4, 0.5) is 11.4 Å². The van der Waals surface area contributed by atoms with Gasteiger partial charge in [0.15, 0.2) is 0 Å². The third kappa shape index (κ3) is 2.40. The Hall–Kier alpha value is -3.27. The van der Waals surface area contributed by atoms with Crippen LogP contribution < -0.4 is 4.85 Å². The lowest BCUT2D eigenvalue weighted by Crippen LogP contribution is -2.37. The summed E-state index contributed by atoms with van der Waals surface area (Å²) < 4.78 is 0. The highest BCUT2D eigenvalue weighted by molar-refractivity contribution is 6.30. The number of rotatable bonds is 3. The van der Waals surface area contributed by atoms with Gasteiger partial charge in [0.1, 0.15) is 5.69 Å². The fourth-order valence-electron chi connectivity index (χ4n) is 2.06. The Bertz CT molecular complexity index is 953. The maximum Gasteiger partial charge on any atom is 0.334 e. The summed E-state index contributed by atoms with van der Waals surface area (Å²) in [5, 5.41) is 38.6. The van der Waals surface area contributed by atoms with Crippen molar-refractivity contribution in [2.75, 3.05) is 0 Å². The highest BCUT2D eigenvalue weighted by atomic mass is 35.5. The number of nitro benzene ring substituents is 2. The number of hydrogen-bond acceptors (Lipinski definition) is 6. The lowest BCUT2D eigenvalue weighted by molar-refractivity contribution is -0.664. The lowest BCUT2D eigenvalue weighted by Gasteiger charge is -2.03. The average Bonchev–Trinajstić information content (AvgIpc) is 2.84. The van der Waals surface area contributed by atoms with Crippen LogP contribution in [0.25, 0.3) is 16.7 Å². The first kappa shape index (κ1) is 14.7. The van der Waals surface area contributed by atoms with Gasteiger partial charge >= 0.3 is 11.2 Å². The van der Waals surface area contributed by atoms with Gasteiger partial charge < -0.3 is 5.21 Å². The maximum absolute atomic E-state index is 12.3. The highest BCUT2D eigenvalue weighted by Gasteiger charge is 2.30. The van der Waals surface area contributed by atoms with E-state index in [0.29, 0.717) is 10.7 Å². The van der Waals surface area contributed by atoms with E-state index in [4.69, 9.17) is 11.6 Å². The Morgan fingerprint density at radius 2 is 1.74 bits per heavy atom. The zero-order valence-electron chi connectivity index (χ0n) is 11.1. The second-order valence-corrected chi connectivity index (χ2v) is 4.92. The molecule has 0 N–H and O–H groups in total. The van der Waals surface area contributed by atoms with E-state index in [1.165, 1.54) is 24.3 Å². The minimum Gasteiger partial charge on any atom is -0.692 e. The molecule has 0 fully saturated rings. The van der Waals surface area contributed by atoms with E-state index in [-0.39, 0.29) is 15.9 Å². The largest absolute Gasteiger partial charge is 0.692 e. The standard InChI is InChI=1S/C12H6ClN5O5/c13-7-1-3-8(4-2-7)15-14-12-10(16(15)19)5-9(17(20)21)6-11(12)18(22)23/h1-6H. The summed E-state index contributed by atoms with van der Waals surface area (Å²) >= 11 is 5.76. The van der Waals surface area contributed by atoms with Gasteiger partial charge in [0, 0.05) is 5.02 Å². The van der Waals surface area contributed by atoms with Gasteiger partial charge in [0.25, 0.3) is 5.69 Å². The number of halogens is 1. The highest BCUT2D eigenvalue weighted by Crippen LogP contribution is 2.28. The molecule has 1 aromatic heterocycles. The number of hydrogen-bond donors (Lipinski definition) is 0. The first-order valence-electron chi connectivity index (χ1n) is 6.10.